The van der Waals surface area contributed by atoms with Gasteiger partial charge >= 0.3 is 0 Å². The van der Waals surface area contributed by atoms with E-state index in [-0.39, 0.29) is 10.8 Å². The first-order chi connectivity index (χ1) is 28.1. The lowest BCUT2D eigenvalue weighted by molar-refractivity contribution is 0.533. The van der Waals surface area contributed by atoms with Crippen LogP contribution in [0, 0.1) is 10.4 Å². The third-order valence-corrected chi connectivity index (χ3v) is 11.4. The second kappa shape index (κ2) is 13.4. The molecule has 0 fully saturated rings. The summed E-state index contributed by atoms with van der Waals surface area (Å²) in [5, 5.41) is 18.9. The Morgan fingerprint density at radius 2 is 0.897 bits per heavy atom. The van der Waals surface area contributed by atoms with Crippen molar-refractivity contribution in [3.05, 3.63) is 184 Å². The molecule has 5 heteroatoms. The number of benzene rings is 7. The minimum Gasteiger partial charge on any atom is -0.247 e. The monoisotopic (exact) mass is 749 g/mol. The van der Waals surface area contributed by atoms with Crippen LogP contribution < -0.4 is 10.7 Å². The number of hydrogen-bond acceptors (Lipinski definition) is 5. The zero-order chi connectivity index (χ0) is 39.8. The van der Waals surface area contributed by atoms with E-state index in [0.29, 0.717) is 0 Å². The lowest BCUT2D eigenvalue weighted by atomic mass is 9.68. The summed E-state index contributed by atoms with van der Waals surface area (Å²) in [5.74, 6) is 0. The van der Waals surface area contributed by atoms with Crippen LogP contribution in [0.25, 0.3) is 67.0 Å². The van der Waals surface area contributed by atoms with Crippen molar-refractivity contribution in [2.24, 2.45) is 9.98 Å². The van der Waals surface area contributed by atoms with Gasteiger partial charge in [0.2, 0.25) is 0 Å². The first-order valence-corrected chi connectivity index (χ1v) is 20.0. The summed E-state index contributed by atoms with van der Waals surface area (Å²) in [6.45, 7) is 13.9. The first-order valence-electron chi connectivity index (χ1n) is 20.0. The second-order valence-corrected chi connectivity index (χ2v) is 17.3. The quantitative estimate of drug-likeness (QED) is 0.176. The fourth-order valence-corrected chi connectivity index (χ4v) is 9.12. The van der Waals surface area contributed by atoms with E-state index in [4.69, 9.17) is 20.2 Å². The number of hydrogen-bond donors (Lipinski definition) is 0. The van der Waals surface area contributed by atoms with Gasteiger partial charge < -0.3 is 0 Å². The maximum absolute atomic E-state index is 5.64. The zero-order valence-corrected chi connectivity index (χ0v) is 33.7. The molecule has 0 saturated carbocycles. The van der Waals surface area contributed by atoms with Crippen molar-refractivity contribution >= 4 is 11.4 Å². The Balaban J connectivity index is 1.47. The summed E-state index contributed by atoms with van der Waals surface area (Å²) in [7, 11) is 0. The number of rotatable bonds is 5. The average Bonchev–Trinajstić information content (AvgIpc) is 3.81. The van der Waals surface area contributed by atoms with Gasteiger partial charge in [0.1, 0.15) is 11.4 Å². The molecule has 58 heavy (non-hydrogen) atoms. The van der Waals surface area contributed by atoms with Crippen molar-refractivity contribution in [3.8, 4) is 67.0 Å². The molecule has 0 radical (unpaired) electrons. The summed E-state index contributed by atoms with van der Waals surface area (Å²) in [6.07, 6.45) is 0. The SMILES string of the molecule is CC(C)(C)c1c2c(c(-c3nnnc(-c4ccccc4)c3-c3ccccc3-c3ccccc3)c(-c3ccccc3)c1C(C)(C)C)-c1c3c(ccc1=N2)=c1ccccc1=N3. The van der Waals surface area contributed by atoms with Crippen LogP contribution in [0.4, 0.5) is 11.4 Å². The minimum atomic E-state index is -0.296. The highest BCUT2D eigenvalue weighted by Crippen LogP contribution is 2.58. The van der Waals surface area contributed by atoms with E-state index in [1.807, 2.05) is 6.07 Å². The van der Waals surface area contributed by atoms with Crippen molar-refractivity contribution in [1.29, 1.82) is 0 Å². The predicted octanol–water partition coefficient (Wildman–Crippen LogP) is 12.3. The topological polar surface area (TPSA) is 63.4 Å². The molecule has 3 heterocycles. The Hall–Kier alpha value is -6.85. The van der Waals surface area contributed by atoms with Crippen molar-refractivity contribution in [3.63, 3.8) is 0 Å². The normalized spacial score (nSPS) is 12.6. The van der Waals surface area contributed by atoms with Crippen molar-refractivity contribution in [1.82, 2.24) is 15.4 Å². The Labute approximate surface area is 338 Å². The molecule has 0 bridgehead atoms. The van der Waals surface area contributed by atoms with Crippen LogP contribution in [0.1, 0.15) is 52.7 Å². The highest BCUT2D eigenvalue weighted by atomic mass is 15.3. The van der Waals surface area contributed by atoms with Gasteiger partial charge in [0.25, 0.3) is 0 Å². The lowest BCUT2D eigenvalue weighted by Crippen LogP contribution is -2.24. The van der Waals surface area contributed by atoms with E-state index < -0.39 is 0 Å². The molecule has 0 saturated heterocycles. The van der Waals surface area contributed by atoms with Crippen LogP contribution in [-0.2, 0) is 10.8 Å². The van der Waals surface area contributed by atoms with Gasteiger partial charge in [0.05, 0.1) is 22.1 Å². The van der Waals surface area contributed by atoms with E-state index in [9.17, 15) is 0 Å². The van der Waals surface area contributed by atoms with Crippen LogP contribution in [0.2, 0.25) is 0 Å². The molecular formula is C53H43N5. The van der Waals surface area contributed by atoms with Gasteiger partial charge in [-0.15, -0.1) is 10.2 Å². The molecule has 8 aromatic rings. The molecule has 7 aromatic carbocycles. The van der Waals surface area contributed by atoms with Gasteiger partial charge in [0.15, 0.2) is 0 Å². The zero-order valence-electron chi connectivity index (χ0n) is 33.7. The summed E-state index contributed by atoms with van der Waals surface area (Å²) >= 11 is 0. The summed E-state index contributed by atoms with van der Waals surface area (Å²) in [5.41, 5.74) is 15.8. The standard InChI is InChI=1S/C53H43N5/c1-52(2,3)46-41(33-22-12-8-13-23-33)44(45-43-40(55-51(45)47(46)53(4,5)6)31-30-38-36-27-18-19-29-39(36)54-49(38)43)50-42(48(56-58-57-50)34-24-14-9-15-25-34)37-28-17-16-26-35(37)32-20-10-7-11-21-32/h7-31H,1-6H3. The third kappa shape index (κ3) is 5.64. The van der Waals surface area contributed by atoms with Crippen molar-refractivity contribution < 1.29 is 0 Å². The van der Waals surface area contributed by atoms with Crippen LogP contribution in [0.3, 0.4) is 0 Å². The summed E-state index contributed by atoms with van der Waals surface area (Å²) < 4.78 is 0. The molecule has 0 amide bonds. The molecule has 280 valence electrons. The molecular weight excluding hydrogens is 707 g/mol. The van der Waals surface area contributed by atoms with Gasteiger partial charge in [-0.1, -0.05) is 175 Å². The smallest absolute Gasteiger partial charge is 0.106 e. The van der Waals surface area contributed by atoms with E-state index in [1.54, 1.807) is 0 Å². The fraction of sp³-hybridized carbons (Fsp3) is 0.151. The maximum atomic E-state index is 5.64. The van der Waals surface area contributed by atoms with Gasteiger partial charge in [0, 0.05) is 38.3 Å². The summed E-state index contributed by atoms with van der Waals surface area (Å²) in [6, 6.07) is 53.2. The fourth-order valence-electron chi connectivity index (χ4n) is 9.12. The Kier molecular flexibility index (Phi) is 8.20. The largest absolute Gasteiger partial charge is 0.247 e. The molecule has 0 atom stereocenters. The van der Waals surface area contributed by atoms with Crippen molar-refractivity contribution in [2.75, 3.05) is 0 Å². The van der Waals surface area contributed by atoms with E-state index in [1.165, 1.54) is 11.1 Å². The molecule has 0 aliphatic carbocycles. The molecule has 1 aromatic heterocycles. The highest BCUT2D eigenvalue weighted by Gasteiger charge is 2.40. The van der Waals surface area contributed by atoms with E-state index in [2.05, 4.69) is 192 Å². The number of para-hydroxylation sites is 1. The van der Waals surface area contributed by atoms with Crippen LogP contribution in [0.15, 0.2) is 162 Å². The molecule has 5 nitrogen and oxygen atoms in total. The van der Waals surface area contributed by atoms with Crippen LogP contribution in [-0.4, -0.2) is 15.4 Å². The Morgan fingerprint density at radius 3 is 1.57 bits per heavy atom. The third-order valence-electron chi connectivity index (χ3n) is 11.4. The summed E-state index contributed by atoms with van der Waals surface area (Å²) in [4.78, 5) is 11.0. The molecule has 0 N–H and O–H groups in total. The molecule has 10 rings (SSSR count). The highest BCUT2D eigenvalue weighted by molar-refractivity contribution is 6.10. The second-order valence-electron chi connectivity index (χ2n) is 17.3. The number of nitrogens with zero attached hydrogens (tertiary/aromatic N) is 5. The Bertz CT molecular complexity index is 3160. The number of aromatic nitrogens is 3. The van der Waals surface area contributed by atoms with Crippen LogP contribution in [0.5, 0.6) is 0 Å². The van der Waals surface area contributed by atoms with Gasteiger partial charge in [-0.05, 0) is 73.2 Å². The van der Waals surface area contributed by atoms with Gasteiger partial charge in [-0.2, -0.15) is 0 Å². The van der Waals surface area contributed by atoms with Crippen LogP contribution >= 0.6 is 0 Å². The van der Waals surface area contributed by atoms with E-state index >= 15 is 0 Å². The Morgan fingerprint density at radius 1 is 0.345 bits per heavy atom. The number of fused-ring (bicyclic) bond motifs is 6. The van der Waals surface area contributed by atoms with Gasteiger partial charge in [-0.25, -0.2) is 9.98 Å². The molecule has 2 aliphatic rings. The molecule has 2 aliphatic heterocycles. The minimum absolute atomic E-state index is 0.272. The average molecular weight is 750 g/mol. The van der Waals surface area contributed by atoms with Crippen molar-refractivity contribution in [2.45, 2.75) is 52.4 Å². The predicted molar refractivity (Wildman–Crippen MR) is 236 cm³/mol. The van der Waals surface area contributed by atoms with E-state index in [0.717, 1.165) is 99.5 Å². The lowest BCUT2D eigenvalue weighted by Gasteiger charge is -2.36. The van der Waals surface area contributed by atoms with Gasteiger partial charge in [-0.3, -0.25) is 0 Å². The maximum Gasteiger partial charge on any atom is 0.106 e. The molecule has 0 unspecified atom stereocenters. The first kappa shape index (κ1) is 35.6. The molecule has 0 spiro atoms.